The molecule has 3 aromatic rings. The van der Waals surface area contributed by atoms with E-state index in [0.717, 1.165) is 30.6 Å². The van der Waals surface area contributed by atoms with Crippen LogP contribution in [-0.2, 0) is 13.0 Å². The summed E-state index contributed by atoms with van der Waals surface area (Å²) >= 11 is 0. The molecule has 1 aliphatic carbocycles. The van der Waals surface area contributed by atoms with E-state index in [9.17, 15) is 14.4 Å². The van der Waals surface area contributed by atoms with Crippen LogP contribution in [0.3, 0.4) is 0 Å². The number of benzene rings is 1. The third kappa shape index (κ3) is 3.94. The maximum absolute atomic E-state index is 13.8. The highest BCUT2D eigenvalue weighted by atomic mass is 16.5. The van der Waals surface area contributed by atoms with Crippen LogP contribution in [0.5, 0.6) is 5.75 Å². The first-order valence-corrected chi connectivity index (χ1v) is 11.6. The average molecular weight is 449 g/mol. The number of fused-ring (bicyclic) bond motifs is 2. The topological polar surface area (TPSA) is 108 Å². The molecular formula is C25H28N4O4. The summed E-state index contributed by atoms with van der Waals surface area (Å²) in [6, 6.07) is 7.84. The van der Waals surface area contributed by atoms with Gasteiger partial charge in [0.15, 0.2) is 0 Å². The molecular weight excluding hydrogens is 420 g/mol. The van der Waals surface area contributed by atoms with Crippen molar-refractivity contribution in [3.8, 4) is 5.75 Å². The minimum absolute atomic E-state index is 0.0923. The van der Waals surface area contributed by atoms with Crippen LogP contribution in [0.15, 0.2) is 33.9 Å². The highest BCUT2D eigenvalue weighted by molar-refractivity contribution is 5.95. The fraction of sp³-hybridized carbons (Fsp3) is 0.440. The van der Waals surface area contributed by atoms with Crippen LogP contribution in [0.1, 0.15) is 59.3 Å². The third-order valence-electron chi connectivity index (χ3n) is 7.16. The van der Waals surface area contributed by atoms with E-state index in [1.54, 1.807) is 20.1 Å². The highest BCUT2D eigenvalue weighted by Crippen LogP contribution is 2.36. The van der Waals surface area contributed by atoms with Crippen molar-refractivity contribution in [2.75, 3.05) is 7.11 Å². The zero-order valence-corrected chi connectivity index (χ0v) is 18.9. The van der Waals surface area contributed by atoms with Crippen LogP contribution in [-0.4, -0.2) is 38.9 Å². The number of carbonyl (C=O) groups is 1. The molecule has 0 spiro atoms. The second-order valence-corrected chi connectivity index (χ2v) is 9.19. The number of methoxy groups -OCH3 is 1. The van der Waals surface area contributed by atoms with Gasteiger partial charge >= 0.3 is 5.69 Å². The molecule has 1 fully saturated rings. The first-order chi connectivity index (χ1) is 15.9. The number of H-pyrrole nitrogens is 2. The molecule has 3 heterocycles. The van der Waals surface area contributed by atoms with E-state index in [1.807, 2.05) is 17.0 Å². The van der Waals surface area contributed by atoms with E-state index in [2.05, 4.69) is 21.0 Å². The largest absolute Gasteiger partial charge is 0.497 e. The van der Waals surface area contributed by atoms with E-state index in [4.69, 9.17) is 4.74 Å². The van der Waals surface area contributed by atoms with Gasteiger partial charge in [-0.15, -0.1) is 0 Å². The fourth-order valence-corrected chi connectivity index (χ4v) is 5.49. The van der Waals surface area contributed by atoms with Gasteiger partial charge in [0, 0.05) is 12.6 Å². The van der Waals surface area contributed by atoms with Crippen molar-refractivity contribution in [2.24, 2.45) is 5.92 Å². The molecule has 0 radical (unpaired) electrons. The fourth-order valence-electron chi connectivity index (χ4n) is 5.49. The quantitative estimate of drug-likeness (QED) is 0.640. The van der Waals surface area contributed by atoms with Crippen molar-refractivity contribution < 1.29 is 9.53 Å². The van der Waals surface area contributed by atoms with Crippen molar-refractivity contribution in [1.82, 2.24) is 19.9 Å². The number of pyridine rings is 1. The van der Waals surface area contributed by atoms with Crippen LogP contribution in [0.2, 0.25) is 0 Å². The monoisotopic (exact) mass is 448 g/mol. The standard InChI is InChI=1S/C25H28N4O4/c1-14-10-19(26-22-21(14)23(30)28-25(32)27-22)24(31)29-13-17-11-18(33-2)9-8-16(17)12-20(29)15-6-4-3-5-7-15/h8-11,15,20H,3-7,12-13H2,1-2H3,(H2,26,27,28,30,32). The smallest absolute Gasteiger partial charge is 0.327 e. The van der Waals surface area contributed by atoms with Gasteiger partial charge < -0.3 is 9.64 Å². The number of amides is 1. The predicted octanol–water partition coefficient (Wildman–Crippen LogP) is 3.08. The number of rotatable bonds is 3. The molecule has 1 aliphatic heterocycles. The lowest BCUT2D eigenvalue weighted by molar-refractivity contribution is 0.0508. The van der Waals surface area contributed by atoms with Crippen molar-refractivity contribution in [3.63, 3.8) is 0 Å². The van der Waals surface area contributed by atoms with Gasteiger partial charge in [0.2, 0.25) is 0 Å². The molecule has 1 amide bonds. The third-order valence-corrected chi connectivity index (χ3v) is 7.16. The SMILES string of the molecule is COc1ccc2c(c1)CN(C(=O)c1cc(C)c3c(=O)[nH]c(=O)[nH]c3n1)C(C1CCCCC1)C2. The van der Waals surface area contributed by atoms with Crippen LogP contribution in [0.4, 0.5) is 0 Å². The van der Waals surface area contributed by atoms with Crippen molar-refractivity contribution in [3.05, 3.63) is 67.5 Å². The number of nitrogens with zero attached hydrogens (tertiary/aromatic N) is 2. The molecule has 2 aromatic heterocycles. The summed E-state index contributed by atoms with van der Waals surface area (Å²) in [6.07, 6.45) is 6.67. The summed E-state index contributed by atoms with van der Waals surface area (Å²) in [4.78, 5) is 49.0. The summed E-state index contributed by atoms with van der Waals surface area (Å²) < 4.78 is 5.41. The minimum Gasteiger partial charge on any atom is -0.497 e. The van der Waals surface area contributed by atoms with Gasteiger partial charge in [0.25, 0.3) is 11.5 Å². The van der Waals surface area contributed by atoms with Crippen LogP contribution < -0.4 is 16.0 Å². The number of nitrogens with one attached hydrogen (secondary N) is 2. The molecule has 1 unspecified atom stereocenters. The van der Waals surface area contributed by atoms with Gasteiger partial charge in [-0.2, -0.15) is 0 Å². The molecule has 1 saturated carbocycles. The van der Waals surface area contributed by atoms with E-state index in [0.29, 0.717) is 23.4 Å². The van der Waals surface area contributed by atoms with E-state index in [-0.39, 0.29) is 23.3 Å². The van der Waals surface area contributed by atoms with Crippen LogP contribution >= 0.6 is 0 Å². The Balaban J connectivity index is 1.57. The Hall–Kier alpha value is -3.42. The number of aromatic nitrogens is 3. The number of aryl methyl sites for hydroxylation is 1. The number of hydrogen-bond donors (Lipinski definition) is 2. The maximum Gasteiger partial charge on any atom is 0.327 e. The van der Waals surface area contributed by atoms with Crippen molar-refractivity contribution in [2.45, 2.75) is 58.0 Å². The van der Waals surface area contributed by atoms with E-state index < -0.39 is 11.2 Å². The molecule has 1 atom stereocenters. The second kappa shape index (κ2) is 8.50. The lowest BCUT2D eigenvalue weighted by Gasteiger charge is -2.42. The van der Waals surface area contributed by atoms with Crippen LogP contribution in [0, 0.1) is 12.8 Å². The highest BCUT2D eigenvalue weighted by Gasteiger charge is 2.36. The molecule has 2 aliphatic rings. The Morgan fingerprint density at radius 1 is 1.09 bits per heavy atom. The molecule has 8 nitrogen and oxygen atoms in total. The molecule has 0 bridgehead atoms. The lowest BCUT2D eigenvalue weighted by Crippen LogP contribution is -2.49. The molecule has 172 valence electrons. The molecule has 2 N–H and O–H groups in total. The number of ether oxygens (including phenoxy) is 1. The molecule has 1 aromatic carbocycles. The minimum atomic E-state index is -0.636. The predicted molar refractivity (Wildman–Crippen MR) is 125 cm³/mol. The van der Waals surface area contributed by atoms with E-state index >= 15 is 0 Å². The summed E-state index contributed by atoms with van der Waals surface area (Å²) in [6.45, 7) is 2.24. The van der Waals surface area contributed by atoms with Gasteiger partial charge in [-0.3, -0.25) is 19.6 Å². The summed E-state index contributed by atoms with van der Waals surface area (Å²) in [7, 11) is 1.64. The molecule has 0 saturated heterocycles. The number of aromatic amines is 2. The lowest BCUT2D eigenvalue weighted by atomic mass is 9.78. The van der Waals surface area contributed by atoms with Crippen molar-refractivity contribution >= 4 is 16.9 Å². The average Bonchev–Trinajstić information content (AvgIpc) is 2.82. The Morgan fingerprint density at radius 3 is 2.64 bits per heavy atom. The zero-order chi connectivity index (χ0) is 23.1. The summed E-state index contributed by atoms with van der Waals surface area (Å²) in [5.41, 5.74) is 2.19. The van der Waals surface area contributed by atoms with Gasteiger partial charge in [0.05, 0.1) is 12.5 Å². The second-order valence-electron chi connectivity index (χ2n) is 9.19. The van der Waals surface area contributed by atoms with Gasteiger partial charge in [-0.25, -0.2) is 9.78 Å². The first-order valence-electron chi connectivity index (χ1n) is 11.6. The number of carbonyl (C=O) groups excluding carboxylic acids is 1. The first kappa shape index (κ1) is 21.4. The van der Waals surface area contributed by atoms with Crippen LogP contribution in [0.25, 0.3) is 11.0 Å². The summed E-state index contributed by atoms with van der Waals surface area (Å²) in [5.74, 6) is 1.04. The Labute approximate surface area is 191 Å². The molecule has 5 rings (SSSR count). The van der Waals surface area contributed by atoms with Gasteiger partial charge in [-0.1, -0.05) is 25.3 Å². The van der Waals surface area contributed by atoms with Gasteiger partial charge in [0.1, 0.15) is 17.1 Å². The Kier molecular flexibility index (Phi) is 5.52. The van der Waals surface area contributed by atoms with Gasteiger partial charge in [-0.05, 0) is 67.0 Å². The van der Waals surface area contributed by atoms with E-state index in [1.165, 1.54) is 24.8 Å². The zero-order valence-electron chi connectivity index (χ0n) is 18.9. The number of hydrogen-bond acceptors (Lipinski definition) is 5. The van der Waals surface area contributed by atoms with Crippen molar-refractivity contribution in [1.29, 1.82) is 0 Å². The Morgan fingerprint density at radius 2 is 1.88 bits per heavy atom. The Bertz CT molecular complexity index is 1340. The molecule has 33 heavy (non-hydrogen) atoms. The normalized spacial score (nSPS) is 18.8. The molecule has 8 heteroatoms. The summed E-state index contributed by atoms with van der Waals surface area (Å²) in [5, 5.41) is 0.295. The maximum atomic E-state index is 13.8.